The van der Waals surface area contributed by atoms with E-state index in [1.54, 1.807) is 0 Å². The Kier molecular flexibility index (Phi) is 2.37. The van der Waals surface area contributed by atoms with Crippen molar-refractivity contribution in [2.75, 3.05) is 0 Å². The van der Waals surface area contributed by atoms with Crippen molar-refractivity contribution in [3.63, 3.8) is 0 Å². The van der Waals surface area contributed by atoms with Gasteiger partial charge in [-0.1, -0.05) is 6.92 Å². The van der Waals surface area contributed by atoms with Gasteiger partial charge in [0.25, 0.3) is 5.56 Å². The Morgan fingerprint density at radius 1 is 1.44 bits per heavy atom. The normalized spacial score (nSPS) is 10.5. The van der Waals surface area contributed by atoms with E-state index in [0.717, 1.165) is 4.57 Å². The maximum Gasteiger partial charge on any atom is 0.330 e. The Labute approximate surface area is 90.3 Å². The minimum Gasteiger partial charge on any atom is -0.325 e. The predicted molar refractivity (Wildman–Crippen MR) is 59.2 cm³/mol. The van der Waals surface area contributed by atoms with Crippen LogP contribution in [-0.2, 0) is 6.54 Å². The zero-order chi connectivity index (χ0) is 11.7. The first kappa shape index (κ1) is 10.2. The van der Waals surface area contributed by atoms with E-state index in [1.165, 1.54) is 0 Å². The number of nitrogens with zero attached hydrogens (tertiary/aromatic N) is 2. The molecule has 16 heavy (non-hydrogen) atoms. The van der Waals surface area contributed by atoms with Gasteiger partial charge in [0, 0.05) is 6.54 Å². The summed E-state index contributed by atoms with van der Waals surface area (Å²) in [5.74, 6) is 2.51. The number of fused-ring (bicyclic) bond motifs is 1. The van der Waals surface area contributed by atoms with Crippen LogP contribution >= 0.6 is 0 Å². The van der Waals surface area contributed by atoms with E-state index in [1.807, 2.05) is 6.92 Å². The summed E-state index contributed by atoms with van der Waals surface area (Å²) >= 11 is 0. The molecule has 6 nitrogen and oxygen atoms in total. The average Bonchev–Trinajstić information content (AvgIpc) is 2.67. The zero-order valence-corrected chi connectivity index (χ0v) is 8.70. The summed E-state index contributed by atoms with van der Waals surface area (Å²) in [6.45, 7) is 2.25. The van der Waals surface area contributed by atoms with Gasteiger partial charge in [0.15, 0.2) is 17.0 Å². The van der Waals surface area contributed by atoms with E-state index in [4.69, 9.17) is 6.42 Å². The molecule has 0 fully saturated rings. The second-order valence-corrected chi connectivity index (χ2v) is 3.34. The standard InChI is InChI=1S/C10H10N4O2/c1-3-5-14-9(15)7-8(13-10(14)16)12-6(4-2)11-7/h2H,3,5H2,1H3,(H,11,12)(H,13,16). The molecule has 82 valence electrons. The molecule has 0 amide bonds. The summed E-state index contributed by atoms with van der Waals surface area (Å²) in [6.07, 6.45) is 5.85. The number of aromatic nitrogens is 4. The van der Waals surface area contributed by atoms with E-state index in [-0.39, 0.29) is 17.0 Å². The molecule has 0 unspecified atom stereocenters. The van der Waals surface area contributed by atoms with Gasteiger partial charge < -0.3 is 4.98 Å². The summed E-state index contributed by atoms with van der Waals surface area (Å²) in [7, 11) is 0. The molecule has 2 aromatic rings. The lowest BCUT2D eigenvalue weighted by Crippen LogP contribution is -2.34. The molecule has 0 aromatic carbocycles. The third-order valence-electron chi connectivity index (χ3n) is 2.22. The number of rotatable bonds is 2. The number of terminal acetylenes is 1. The van der Waals surface area contributed by atoms with Crippen LogP contribution in [0.25, 0.3) is 11.2 Å². The van der Waals surface area contributed by atoms with Crippen molar-refractivity contribution < 1.29 is 0 Å². The van der Waals surface area contributed by atoms with Crippen LogP contribution in [0.4, 0.5) is 0 Å². The van der Waals surface area contributed by atoms with Gasteiger partial charge in [-0.15, -0.1) is 6.42 Å². The van der Waals surface area contributed by atoms with Crippen LogP contribution in [0.1, 0.15) is 19.2 Å². The summed E-state index contributed by atoms with van der Waals surface area (Å²) in [6, 6.07) is 0. The lowest BCUT2D eigenvalue weighted by atomic mass is 10.4. The number of hydrogen-bond donors (Lipinski definition) is 2. The van der Waals surface area contributed by atoms with Gasteiger partial charge in [0.05, 0.1) is 0 Å². The van der Waals surface area contributed by atoms with Gasteiger partial charge in [0.1, 0.15) is 0 Å². The Bertz CT molecular complexity index is 683. The smallest absolute Gasteiger partial charge is 0.325 e. The van der Waals surface area contributed by atoms with Crippen molar-refractivity contribution >= 4 is 11.2 Å². The quantitative estimate of drug-likeness (QED) is 0.685. The third kappa shape index (κ3) is 1.42. The maximum absolute atomic E-state index is 11.9. The van der Waals surface area contributed by atoms with Crippen LogP contribution in [0.2, 0.25) is 0 Å². The first-order valence-electron chi connectivity index (χ1n) is 4.86. The molecule has 0 saturated carbocycles. The predicted octanol–water partition coefficient (Wildman–Crippen LogP) is -0.196. The Hall–Kier alpha value is -2.29. The molecule has 0 aliphatic heterocycles. The first-order valence-corrected chi connectivity index (χ1v) is 4.86. The topological polar surface area (TPSA) is 83.5 Å². The number of hydrogen-bond acceptors (Lipinski definition) is 3. The Balaban J connectivity index is 2.83. The lowest BCUT2D eigenvalue weighted by molar-refractivity contribution is 0.622. The molecule has 0 radical (unpaired) electrons. The van der Waals surface area contributed by atoms with Gasteiger partial charge in [-0.05, 0) is 12.3 Å². The van der Waals surface area contributed by atoms with E-state index < -0.39 is 11.2 Å². The molecule has 0 spiro atoms. The molecule has 0 aliphatic carbocycles. The number of H-pyrrole nitrogens is 2. The van der Waals surface area contributed by atoms with Crippen molar-refractivity contribution in [3.05, 3.63) is 26.7 Å². The highest BCUT2D eigenvalue weighted by Crippen LogP contribution is 2.00. The van der Waals surface area contributed by atoms with Crippen LogP contribution in [0.3, 0.4) is 0 Å². The van der Waals surface area contributed by atoms with Gasteiger partial charge in [-0.2, -0.15) is 0 Å². The number of nitrogens with one attached hydrogen (secondary N) is 2. The second-order valence-electron chi connectivity index (χ2n) is 3.34. The largest absolute Gasteiger partial charge is 0.330 e. The SMILES string of the molecule is C#Cc1nc2[nH]c(=O)n(CCC)c(=O)c2[nH]1. The minimum absolute atomic E-state index is 0.204. The molecule has 0 saturated heterocycles. The highest BCUT2D eigenvalue weighted by molar-refractivity contribution is 5.69. The fourth-order valence-corrected chi connectivity index (χ4v) is 1.51. The van der Waals surface area contributed by atoms with E-state index in [2.05, 4.69) is 20.9 Å². The molecule has 0 atom stereocenters. The second kappa shape index (κ2) is 3.70. The summed E-state index contributed by atoms with van der Waals surface area (Å²) in [4.78, 5) is 32.5. The molecule has 2 rings (SSSR count). The first-order chi connectivity index (χ1) is 7.67. The van der Waals surface area contributed by atoms with E-state index in [0.29, 0.717) is 13.0 Å². The fraction of sp³-hybridized carbons (Fsp3) is 0.300. The van der Waals surface area contributed by atoms with Crippen LogP contribution in [-0.4, -0.2) is 19.5 Å². The van der Waals surface area contributed by atoms with E-state index in [9.17, 15) is 9.59 Å². The van der Waals surface area contributed by atoms with Gasteiger partial charge in [-0.25, -0.2) is 9.78 Å². The van der Waals surface area contributed by atoms with Gasteiger partial charge in [0.2, 0.25) is 0 Å². The average molecular weight is 218 g/mol. The van der Waals surface area contributed by atoms with Gasteiger partial charge in [-0.3, -0.25) is 14.3 Å². The highest BCUT2D eigenvalue weighted by Gasteiger charge is 2.10. The van der Waals surface area contributed by atoms with Crippen molar-refractivity contribution in [1.29, 1.82) is 0 Å². The maximum atomic E-state index is 11.9. The Morgan fingerprint density at radius 2 is 2.19 bits per heavy atom. The van der Waals surface area contributed by atoms with Crippen molar-refractivity contribution in [1.82, 2.24) is 19.5 Å². The van der Waals surface area contributed by atoms with E-state index >= 15 is 0 Å². The van der Waals surface area contributed by atoms with Crippen LogP contribution in [0.15, 0.2) is 9.59 Å². The van der Waals surface area contributed by atoms with Crippen molar-refractivity contribution in [2.45, 2.75) is 19.9 Å². The van der Waals surface area contributed by atoms with Crippen molar-refractivity contribution in [2.24, 2.45) is 0 Å². The monoisotopic (exact) mass is 218 g/mol. The third-order valence-corrected chi connectivity index (χ3v) is 2.22. The molecule has 6 heteroatoms. The molecule has 2 N–H and O–H groups in total. The van der Waals surface area contributed by atoms with Gasteiger partial charge >= 0.3 is 5.69 Å². The summed E-state index contributed by atoms with van der Waals surface area (Å²) < 4.78 is 1.13. The molecule has 0 aliphatic rings. The number of aromatic amines is 2. The van der Waals surface area contributed by atoms with Crippen molar-refractivity contribution in [3.8, 4) is 12.3 Å². The Morgan fingerprint density at radius 3 is 2.81 bits per heavy atom. The van der Waals surface area contributed by atoms with Crippen LogP contribution in [0.5, 0.6) is 0 Å². The van der Waals surface area contributed by atoms with Crippen LogP contribution < -0.4 is 11.2 Å². The fourth-order valence-electron chi connectivity index (χ4n) is 1.51. The molecular formula is C10H10N4O2. The zero-order valence-electron chi connectivity index (χ0n) is 8.70. The highest BCUT2D eigenvalue weighted by atomic mass is 16.2. The number of imidazole rings is 1. The molecular weight excluding hydrogens is 208 g/mol. The summed E-state index contributed by atoms with van der Waals surface area (Å²) in [5.41, 5.74) is -0.416. The van der Waals surface area contributed by atoms with Crippen LogP contribution in [0, 0.1) is 12.3 Å². The molecule has 0 bridgehead atoms. The summed E-state index contributed by atoms with van der Waals surface area (Å²) in [5, 5.41) is 0. The lowest BCUT2D eigenvalue weighted by Gasteiger charge is -2.00. The minimum atomic E-state index is -0.463. The molecule has 2 heterocycles. The molecule has 2 aromatic heterocycles.